The predicted octanol–water partition coefficient (Wildman–Crippen LogP) is 1.09. The summed E-state index contributed by atoms with van der Waals surface area (Å²) in [6.07, 6.45) is -1.20. The van der Waals surface area contributed by atoms with Gasteiger partial charge in [0.15, 0.2) is 0 Å². The summed E-state index contributed by atoms with van der Waals surface area (Å²) in [6, 6.07) is 4.72. The molecule has 0 spiro atoms. The van der Waals surface area contributed by atoms with E-state index in [9.17, 15) is 15.2 Å². The van der Waals surface area contributed by atoms with E-state index in [0.29, 0.717) is 5.56 Å². The predicted molar refractivity (Wildman–Crippen MR) is 49.5 cm³/mol. The lowest BCUT2D eigenvalue weighted by Crippen LogP contribution is -2.23. The molecule has 5 nitrogen and oxygen atoms in total. The fourth-order valence-corrected chi connectivity index (χ4v) is 1.10. The first-order valence-corrected chi connectivity index (χ1v) is 4.13. The van der Waals surface area contributed by atoms with Crippen LogP contribution in [0.1, 0.15) is 18.6 Å². The molecule has 0 aliphatic rings. The van der Waals surface area contributed by atoms with Crippen molar-refractivity contribution in [3.05, 3.63) is 39.9 Å². The largest absolute Gasteiger partial charge is 0.508 e. The summed E-state index contributed by atoms with van der Waals surface area (Å²) in [5, 5.41) is 29.0. The molecule has 0 amide bonds. The third kappa shape index (κ3) is 2.20. The van der Waals surface area contributed by atoms with Crippen molar-refractivity contribution in [2.24, 2.45) is 0 Å². The van der Waals surface area contributed by atoms with Crippen LogP contribution in [0, 0.1) is 10.1 Å². The van der Waals surface area contributed by atoms with Gasteiger partial charge in [-0.15, -0.1) is 0 Å². The van der Waals surface area contributed by atoms with Crippen molar-refractivity contribution in [2.45, 2.75) is 19.1 Å². The lowest BCUT2D eigenvalue weighted by atomic mass is 10.0. The second-order valence-corrected chi connectivity index (χ2v) is 3.07. The Labute approximate surface area is 80.8 Å². The van der Waals surface area contributed by atoms with Gasteiger partial charge >= 0.3 is 0 Å². The maximum atomic E-state index is 10.4. The SMILES string of the molecule is C[C@@H]([C@@H](O)c1cccc(O)c1)[N+](=O)[O-]. The number of aromatic hydroxyl groups is 1. The minimum atomic E-state index is -1.20. The lowest BCUT2D eigenvalue weighted by molar-refractivity contribution is -0.531. The number of aliphatic hydroxyl groups is 1. The topological polar surface area (TPSA) is 83.6 Å². The Hall–Kier alpha value is -1.62. The standard InChI is InChI=1S/C9H11NO4/c1-6(10(13)14)9(12)7-3-2-4-8(11)5-7/h2-6,9,11-12H,1H3/t6-,9+/m0/s1. The zero-order chi connectivity index (χ0) is 10.7. The van der Waals surface area contributed by atoms with E-state index in [4.69, 9.17) is 5.11 Å². The van der Waals surface area contributed by atoms with Crippen molar-refractivity contribution in [3.8, 4) is 5.75 Å². The average Bonchev–Trinajstić information content (AvgIpc) is 2.15. The smallest absolute Gasteiger partial charge is 0.239 e. The van der Waals surface area contributed by atoms with Crippen molar-refractivity contribution in [1.82, 2.24) is 0 Å². The number of phenolic OH excluding ortho intramolecular Hbond substituents is 1. The van der Waals surface area contributed by atoms with Crippen LogP contribution in [-0.2, 0) is 0 Å². The van der Waals surface area contributed by atoms with E-state index in [2.05, 4.69) is 0 Å². The quantitative estimate of drug-likeness (QED) is 0.561. The average molecular weight is 197 g/mol. The number of hydrogen-bond acceptors (Lipinski definition) is 4. The summed E-state index contributed by atoms with van der Waals surface area (Å²) in [5.74, 6) is -0.0166. The third-order valence-electron chi connectivity index (χ3n) is 2.00. The van der Waals surface area contributed by atoms with E-state index in [-0.39, 0.29) is 5.75 Å². The molecule has 0 aliphatic carbocycles. The molecule has 1 aromatic carbocycles. The Bertz CT molecular complexity index is 339. The summed E-state index contributed by atoms with van der Waals surface area (Å²) in [7, 11) is 0. The first-order chi connectivity index (χ1) is 6.52. The van der Waals surface area contributed by atoms with E-state index >= 15 is 0 Å². The zero-order valence-electron chi connectivity index (χ0n) is 7.62. The van der Waals surface area contributed by atoms with Crippen LogP contribution in [0.2, 0.25) is 0 Å². The maximum absolute atomic E-state index is 10.4. The molecule has 0 aliphatic heterocycles. The first-order valence-electron chi connectivity index (χ1n) is 4.13. The van der Waals surface area contributed by atoms with Gasteiger partial charge in [0.2, 0.25) is 6.04 Å². The molecule has 0 aromatic heterocycles. The highest BCUT2D eigenvalue weighted by atomic mass is 16.6. The number of benzene rings is 1. The fourth-order valence-electron chi connectivity index (χ4n) is 1.10. The highest BCUT2D eigenvalue weighted by Crippen LogP contribution is 2.21. The van der Waals surface area contributed by atoms with Crippen LogP contribution in [0.15, 0.2) is 24.3 Å². The molecule has 0 saturated carbocycles. The summed E-state index contributed by atoms with van der Waals surface area (Å²) in [5.41, 5.74) is 0.342. The second-order valence-electron chi connectivity index (χ2n) is 3.07. The van der Waals surface area contributed by atoms with Gasteiger partial charge in [0.1, 0.15) is 11.9 Å². The van der Waals surface area contributed by atoms with Gasteiger partial charge in [-0.1, -0.05) is 12.1 Å². The fraction of sp³-hybridized carbons (Fsp3) is 0.333. The number of phenols is 1. The number of hydrogen-bond donors (Lipinski definition) is 2. The summed E-state index contributed by atoms with van der Waals surface area (Å²) in [6.45, 7) is 1.31. The number of nitro groups is 1. The van der Waals surface area contributed by atoms with E-state index < -0.39 is 17.1 Å². The van der Waals surface area contributed by atoms with Crippen molar-refractivity contribution in [2.75, 3.05) is 0 Å². The summed E-state index contributed by atoms with van der Waals surface area (Å²) >= 11 is 0. The molecule has 2 atom stereocenters. The van der Waals surface area contributed by atoms with Crippen LogP contribution in [0.25, 0.3) is 0 Å². The highest BCUT2D eigenvalue weighted by Gasteiger charge is 2.25. The van der Waals surface area contributed by atoms with Crippen LogP contribution in [0.3, 0.4) is 0 Å². The molecule has 0 fully saturated rings. The molecule has 76 valence electrons. The number of rotatable bonds is 3. The number of nitrogens with zero attached hydrogens (tertiary/aromatic N) is 1. The highest BCUT2D eigenvalue weighted by molar-refractivity contribution is 5.28. The van der Waals surface area contributed by atoms with E-state index in [1.165, 1.54) is 31.2 Å². The Morgan fingerprint density at radius 1 is 1.50 bits per heavy atom. The third-order valence-corrected chi connectivity index (χ3v) is 2.00. The van der Waals surface area contributed by atoms with E-state index in [1.807, 2.05) is 0 Å². The van der Waals surface area contributed by atoms with Crippen LogP contribution in [-0.4, -0.2) is 21.2 Å². The Morgan fingerprint density at radius 2 is 2.14 bits per heavy atom. The van der Waals surface area contributed by atoms with Crippen LogP contribution >= 0.6 is 0 Å². The molecule has 14 heavy (non-hydrogen) atoms. The minimum Gasteiger partial charge on any atom is -0.508 e. The lowest BCUT2D eigenvalue weighted by Gasteiger charge is -2.12. The molecule has 0 radical (unpaired) electrons. The van der Waals surface area contributed by atoms with Crippen LogP contribution in [0.5, 0.6) is 5.75 Å². The second kappa shape index (κ2) is 4.06. The van der Waals surface area contributed by atoms with Crippen molar-refractivity contribution in [3.63, 3.8) is 0 Å². The summed E-state index contributed by atoms with van der Waals surface area (Å²) in [4.78, 5) is 9.82. The molecule has 0 bridgehead atoms. The molecular weight excluding hydrogens is 186 g/mol. The van der Waals surface area contributed by atoms with Crippen LogP contribution in [0.4, 0.5) is 0 Å². The molecule has 1 rings (SSSR count). The van der Waals surface area contributed by atoms with Gasteiger partial charge in [-0.25, -0.2) is 0 Å². The normalized spacial score (nSPS) is 14.7. The summed E-state index contributed by atoms with van der Waals surface area (Å²) < 4.78 is 0. The monoisotopic (exact) mass is 197 g/mol. The van der Waals surface area contributed by atoms with Gasteiger partial charge in [0.25, 0.3) is 0 Å². The molecule has 0 saturated heterocycles. The maximum Gasteiger partial charge on any atom is 0.239 e. The van der Waals surface area contributed by atoms with Gasteiger partial charge < -0.3 is 10.2 Å². The Balaban J connectivity index is 2.89. The van der Waals surface area contributed by atoms with Gasteiger partial charge in [0, 0.05) is 11.8 Å². The van der Waals surface area contributed by atoms with Gasteiger partial charge in [-0.2, -0.15) is 0 Å². The first kappa shape index (κ1) is 10.5. The molecule has 1 aromatic rings. The molecule has 2 N–H and O–H groups in total. The Morgan fingerprint density at radius 3 is 2.64 bits per heavy atom. The van der Waals surface area contributed by atoms with Crippen LogP contribution < -0.4 is 0 Å². The Kier molecular flexibility index (Phi) is 3.03. The molecular formula is C9H11NO4. The minimum absolute atomic E-state index is 0.0166. The van der Waals surface area contributed by atoms with Gasteiger partial charge in [-0.3, -0.25) is 10.1 Å². The molecule has 0 heterocycles. The van der Waals surface area contributed by atoms with Crippen molar-refractivity contribution in [1.29, 1.82) is 0 Å². The van der Waals surface area contributed by atoms with Gasteiger partial charge in [-0.05, 0) is 17.7 Å². The van der Waals surface area contributed by atoms with E-state index in [0.717, 1.165) is 0 Å². The van der Waals surface area contributed by atoms with Crippen molar-refractivity contribution >= 4 is 0 Å². The zero-order valence-corrected chi connectivity index (χ0v) is 7.62. The van der Waals surface area contributed by atoms with Crippen molar-refractivity contribution < 1.29 is 15.1 Å². The molecule has 5 heteroatoms. The van der Waals surface area contributed by atoms with Gasteiger partial charge in [0.05, 0.1) is 0 Å². The molecule has 0 unspecified atom stereocenters. The number of aliphatic hydroxyl groups excluding tert-OH is 1. The van der Waals surface area contributed by atoms with E-state index in [1.54, 1.807) is 0 Å².